The molecule has 38 heavy (non-hydrogen) atoms. The first-order valence-electron chi connectivity index (χ1n) is 14.5. The second-order valence-corrected chi connectivity index (χ2v) is 13.9. The van der Waals surface area contributed by atoms with Crippen molar-refractivity contribution in [2.75, 3.05) is 6.61 Å². The summed E-state index contributed by atoms with van der Waals surface area (Å²) in [5.41, 5.74) is -0.446. The fourth-order valence-electron chi connectivity index (χ4n) is 9.31. The van der Waals surface area contributed by atoms with Crippen LogP contribution in [0.4, 0.5) is 0 Å². The minimum atomic E-state index is -0.332. The van der Waals surface area contributed by atoms with Crippen molar-refractivity contribution in [3.8, 4) is 0 Å². The average molecular weight is 598 g/mol. The predicted octanol–water partition coefficient (Wildman–Crippen LogP) is 5.65. The van der Waals surface area contributed by atoms with Crippen molar-refractivity contribution >= 4 is 39.6 Å². The summed E-state index contributed by atoms with van der Waals surface area (Å²) in [5.74, 6) is 0.235. The molecule has 0 spiro atoms. The number of ether oxygens (including phenoxy) is 3. The zero-order valence-corrected chi connectivity index (χ0v) is 25.4. The summed E-state index contributed by atoms with van der Waals surface area (Å²) >= 11 is 3.83. The van der Waals surface area contributed by atoms with Crippen molar-refractivity contribution in [2.45, 2.75) is 110 Å². The normalized spacial score (nSPS) is 42.8. The molecule has 214 valence electrons. The highest BCUT2D eigenvalue weighted by atomic mass is 79.9. The van der Waals surface area contributed by atoms with E-state index in [1.54, 1.807) is 0 Å². The molecular weight excluding hydrogens is 552 g/mol. The summed E-state index contributed by atoms with van der Waals surface area (Å²) in [6.07, 6.45) is 5.56. The molecule has 8 heteroatoms. The van der Waals surface area contributed by atoms with Gasteiger partial charge in [-0.2, -0.15) is 0 Å². The van der Waals surface area contributed by atoms with E-state index in [9.17, 15) is 19.2 Å². The molecule has 0 bridgehead atoms. The molecule has 4 fully saturated rings. The molecule has 3 unspecified atom stereocenters. The molecular formula is C30H45BrO7. The molecule has 0 heterocycles. The summed E-state index contributed by atoms with van der Waals surface area (Å²) in [6.45, 7) is 11.9. The van der Waals surface area contributed by atoms with Gasteiger partial charge in [0.1, 0.15) is 18.0 Å². The molecule has 4 rings (SSSR count). The van der Waals surface area contributed by atoms with Crippen molar-refractivity contribution in [1.29, 1.82) is 0 Å². The number of hydrogen-bond donors (Lipinski definition) is 0. The number of rotatable bonds is 7. The van der Waals surface area contributed by atoms with Crippen LogP contribution in [0.5, 0.6) is 0 Å². The van der Waals surface area contributed by atoms with Crippen molar-refractivity contribution in [3.63, 3.8) is 0 Å². The van der Waals surface area contributed by atoms with Gasteiger partial charge in [-0.15, -0.1) is 0 Å². The third-order valence-electron chi connectivity index (χ3n) is 11.0. The van der Waals surface area contributed by atoms with Crippen LogP contribution in [0.25, 0.3) is 0 Å². The molecule has 0 amide bonds. The fraction of sp³-hybridized carbons (Fsp3) is 0.867. The van der Waals surface area contributed by atoms with Crippen molar-refractivity contribution in [3.05, 3.63) is 0 Å². The third-order valence-corrected chi connectivity index (χ3v) is 12.1. The molecule has 0 aromatic rings. The van der Waals surface area contributed by atoms with Gasteiger partial charge >= 0.3 is 17.9 Å². The van der Waals surface area contributed by atoms with Crippen LogP contribution in [0.1, 0.15) is 92.9 Å². The second-order valence-electron chi connectivity index (χ2n) is 12.9. The highest BCUT2D eigenvalue weighted by Crippen LogP contribution is 2.68. The topological polar surface area (TPSA) is 96.0 Å². The largest absolute Gasteiger partial charge is 0.466 e. The maximum Gasteiger partial charge on any atom is 0.305 e. The highest BCUT2D eigenvalue weighted by Gasteiger charge is 2.68. The number of hydrogen-bond acceptors (Lipinski definition) is 7. The quantitative estimate of drug-likeness (QED) is 0.213. The summed E-state index contributed by atoms with van der Waals surface area (Å²) in [6, 6.07) is 0. The minimum Gasteiger partial charge on any atom is -0.466 e. The molecule has 0 radical (unpaired) electrons. The van der Waals surface area contributed by atoms with Gasteiger partial charge < -0.3 is 14.2 Å². The Balaban J connectivity index is 1.64. The zero-order chi connectivity index (χ0) is 28.0. The van der Waals surface area contributed by atoms with Crippen LogP contribution in [0.2, 0.25) is 0 Å². The first-order chi connectivity index (χ1) is 17.8. The highest BCUT2D eigenvalue weighted by molar-refractivity contribution is 9.10. The summed E-state index contributed by atoms with van der Waals surface area (Å²) in [7, 11) is 0. The Morgan fingerprint density at radius 2 is 1.68 bits per heavy atom. The van der Waals surface area contributed by atoms with E-state index in [2.05, 4.69) is 36.7 Å². The van der Waals surface area contributed by atoms with Crippen molar-refractivity contribution in [1.82, 2.24) is 0 Å². The average Bonchev–Trinajstić information content (AvgIpc) is 3.20. The molecule has 0 aromatic heterocycles. The lowest BCUT2D eigenvalue weighted by Crippen LogP contribution is -2.64. The van der Waals surface area contributed by atoms with Crippen LogP contribution < -0.4 is 0 Å². The van der Waals surface area contributed by atoms with Crippen LogP contribution in [0.3, 0.4) is 0 Å². The lowest BCUT2D eigenvalue weighted by atomic mass is 9.43. The van der Waals surface area contributed by atoms with Gasteiger partial charge in [0.05, 0.1) is 11.4 Å². The van der Waals surface area contributed by atoms with Crippen LogP contribution in [-0.2, 0) is 33.4 Å². The standard InChI is InChI=1S/C30H45BrO7/c1-7-36-25(34)11-8-16(2)20-9-10-21-26-22(15-24(30(20,21)6)38-18(4)33)29(5)13-12-19(37-17(3)32)14-23(29)27(31)28(26)35/h16,19-24,26-27H,7-15H2,1-6H3/t16-,19+,20+,21?,22?,23-,24-,26?,27+,29+,30+/m0/s1. The molecule has 4 aliphatic rings. The monoisotopic (exact) mass is 596 g/mol. The fourth-order valence-corrected chi connectivity index (χ4v) is 10.4. The number of Topliss-reactive ketones (excluding diaryl/α,β-unsaturated/α-hetero) is 1. The SMILES string of the molecule is CCOC(=O)CC[C@H](C)[C@H]1CCC2C3C(=O)[C@H](Br)[C@@H]4C[C@H](OC(C)=O)CC[C@]4(C)C3C[C@H](OC(C)=O)[C@@]21C. The van der Waals surface area contributed by atoms with E-state index in [4.69, 9.17) is 14.2 Å². The van der Waals surface area contributed by atoms with Gasteiger partial charge in [-0.3, -0.25) is 19.2 Å². The Kier molecular flexibility index (Phi) is 8.71. The van der Waals surface area contributed by atoms with Gasteiger partial charge in [-0.1, -0.05) is 36.7 Å². The maximum absolute atomic E-state index is 14.1. The zero-order valence-electron chi connectivity index (χ0n) is 23.8. The molecule has 11 atom stereocenters. The van der Waals surface area contributed by atoms with Crippen LogP contribution >= 0.6 is 15.9 Å². The minimum absolute atomic E-state index is 0.0670. The van der Waals surface area contributed by atoms with E-state index in [1.807, 2.05) is 6.92 Å². The van der Waals surface area contributed by atoms with Crippen molar-refractivity contribution in [2.24, 2.45) is 46.3 Å². The summed E-state index contributed by atoms with van der Waals surface area (Å²) < 4.78 is 16.9. The Hall–Kier alpha value is -1.44. The van der Waals surface area contributed by atoms with Crippen LogP contribution in [0.15, 0.2) is 0 Å². The van der Waals surface area contributed by atoms with Gasteiger partial charge in [-0.05, 0) is 86.9 Å². The molecule has 4 aliphatic carbocycles. The Morgan fingerprint density at radius 1 is 1.00 bits per heavy atom. The van der Waals surface area contributed by atoms with E-state index in [1.165, 1.54) is 13.8 Å². The van der Waals surface area contributed by atoms with E-state index in [0.717, 1.165) is 32.1 Å². The number of carbonyl (C=O) groups is 4. The maximum atomic E-state index is 14.1. The second kappa shape index (κ2) is 11.2. The smallest absolute Gasteiger partial charge is 0.305 e. The Bertz CT molecular complexity index is 951. The summed E-state index contributed by atoms with van der Waals surface area (Å²) in [4.78, 5) is 50.0. The summed E-state index contributed by atoms with van der Waals surface area (Å²) in [5, 5.41) is 0. The number of fused-ring (bicyclic) bond motifs is 5. The van der Waals surface area contributed by atoms with Gasteiger partial charge in [-0.25, -0.2) is 0 Å². The number of carbonyl (C=O) groups excluding carboxylic acids is 4. The first-order valence-corrected chi connectivity index (χ1v) is 15.4. The first kappa shape index (κ1) is 29.5. The number of ketones is 1. The Morgan fingerprint density at radius 3 is 2.32 bits per heavy atom. The third kappa shape index (κ3) is 5.08. The van der Waals surface area contributed by atoms with Gasteiger partial charge in [0, 0.05) is 31.6 Å². The molecule has 0 saturated heterocycles. The molecule has 7 nitrogen and oxygen atoms in total. The van der Waals surface area contributed by atoms with E-state index >= 15 is 0 Å². The molecule has 0 aliphatic heterocycles. The lowest BCUT2D eigenvalue weighted by Gasteiger charge is -2.63. The number of alkyl halides is 1. The molecule has 0 N–H and O–H groups in total. The molecule has 4 saturated carbocycles. The van der Waals surface area contributed by atoms with Gasteiger partial charge in [0.2, 0.25) is 0 Å². The van der Waals surface area contributed by atoms with Gasteiger partial charge in [0.15, 0.2) is 0 Å². The lowest BCUT2D eigenvalue weighted by molar-refractivity contribution is -0.196. The van der Waals surface area contributed by atoms with Crippen molar-refractivity contribution < 1.29 is 33.4 Å². The molecule has 0 aromatic carbocycles. The number of esters is 3. The van der Waals surface area contributed by atoms with E-state index in [0.29, 0.717) is 25.9 Å². The van der Waals surface area contributed by atoms with E-state index in [-0.39, 0.29) is 87.1 Å². The van der Waals surface area contributed by atoms with Crippen LogP contribution in [0, 0.1) is 46.3 Å². The number of halogens is 1. The Labute approximate surface area is 235 Å². The predicted molar refractivity (Wildman–Crippen MR) is 145 cm³/mol. The van der Waals surface area contributed by atoms with E-state index < -0.39 is 0 Å². The van der Waals surface area contributed by atoms with Gasteiger partial charge in [0.25, 0.3) is 0 Å². The van der Waals surface area contributed by atoms with Crippen LogP contribution in [-0.4, -0.2) is 47.3 Å².